The molecule has 1 saturated carbocycles. The van der Waals surface area contributed by atoms with Crippen LogP contribution in [-0.2, 0) is 4.79 Å². The first-order valence-corrected chi connectivity index (χ1v) is 8.17. The van der Waals surface area contributed by atoms with Gasteiger partial charge in [0.2, 0.25) is 5.91 Å². The molecule has 1 atom stereocenters. The highest BCUT2D eigenvalue weighted by Crippen LogP contribution is 2.30. The molecule has 2 N–H and O–H groups in total. The highest BCUT2D eigenvalue weighted by molar-refractivity contribution is 5.96. The Bertz CT molecular complexity index is 518. The number of benzene rings is 1. The average molecular weight is 302 g/mol. The van der Waals surface area contributed by atoms with Gasteiger partial charge < -0.3 is 10.6 Å². The molecule has 1 aromatic carbocycles. The van der Waals surface area contributed by atoms with Crippen LogP contribution in [-0.4, -0.2) is 17.9 Å². The summed E-state index contributed by atoms with van der Waals surface area (Å²) in [5, 5.41) is 5.89. The van der Waals surface area contributed by atoms with E-state index in [1.807, 2.05) is 6.92 Å². The van der Waals surface area contributed by atoms with E-state index in [4.69, 9.17) is 0 Å². The summed E-state index contributed by atoms with van der Waals surface area (Å²) in [7, 11) is 0. The fourth-order valence-electron chi connectivity index (χ4n) is 2.26. The van der Waals surface area contributed by atoms with Crippen LogP contribution < -0.4 is 10.6 Å². The fourth-order valence-corrected chi connectivity index (χ4v) is 2.26. The molecule has 22 heavy (non-hydrogen) atoms. The molecule has 0 heterocycles. The molecule has 2 amide bonds. The molecule has 0 unspecified atom stereocenters. The SMILES string of the molecule is CC(C)CC[C@H](C)NC(=O)c1ccc(NC(=O)C2CC2)cc1. The normalized spacial score (nSPS) is 15.5. The van der Waals surface area contributed by atoms with Gasteiger partial charge in [-0.1, -0.05) is 13.8 Å². The van der Waals surface area contributed by atoms with E-state index in [1.165, 1.54) is 0 Å². The third-order valence-electron chi connectivity index (χ3n) is 3.92. The van der Waals surface area contributed by atoms with Gasteiger partial charge in [-0.05, 0) is 62.8 Å². The van der Waals surface area contributed by atoms with Gasteiger partial charge in [0, 0.05) is 23.2 Å². The molecule has 4 nitrogen and oxygen atoms in total. The zero-order valence-corrected chi connectivity index (χ0v) is 13.7. The van der Waals surface area contributed by atoms with Crippen molar-refractivity contribution in [3.63, 3.8) is 0 Å². The van der Waals surface area contributed by atoms with E-state index in [-0.39, 0.29) is 23.8 Å². The van der Waals surface area contributed by atoms with Gasteiger partial charge in [0.1, 0.15) is 0 Å². The van der Waals surface area contributed by atoms with Gasteiger partial charge >= 0.3 is 0 Å². The average Bonchev–Trinajstić information content (AvgIpc) is 3.30. The molecule has 1 fully saturated rings. The lowest BCUT2D eigenvalue weighted by molar-refractivity contribution is -0.117. The summed E-state index contributed by atoms with van der Waals surface area (Å²) in [6, 6.07) is 7.26. The lowest BCUT2D eigenvalue weighted by Crippen LogP contribution is -2.32. The Morgan fingerprint density at radius 2 is 1.73 bits per heavy atom. The number of carbonyl (C=O) groups excluding carboxylic acids is 2. The topological polar surface area (TPSA) is 58.2 Å². The van der Waals surface area contributed by atoms with Crippen LogP contribution in [0.2, 0.25) is 0 Å². The minimum Gasteiger partial charge on any atom is -0.350 e. The maximum Gasteiger partial charge on any atom is 0.251 e. The predicted octanol–water partition coefficient (Wildman–Crippen LogP) is 3.59. The smallest absolute Gasteiger partial charge is 0.251 e. The highest BCUT2D eigenvalue weighted by atomic mass is 16.2. The van der Waals surface area contributed by atoms with E-state index < -0.39 is 0 Å². The Balaban J connectivity index is 1.83. The van der Waals surface area contributed by atoms with Gasteiger partial charge in [-0.15, -0.1) is 0 Å². The van der Waals surface area contributed by atoms with E-state index in [0.717, 1.165) is 31.4 Å². The number of nitrogens with one attached hydrogen (secondary N) is 2. The second-order valence-electron chi connectivity index (χ2n) is 6.69. The first-order valence-electron chi connectivity index (χ1n) is 8.17. The van der Waals surface area contributed by atoms with Gasteiger partial charge in [-0.2, -0.15) is 0 Å². The van der Waals surface area contributed by atoms with E-state index in [2.05, 4.69) is 24.5 Å². The molecule has 4 heteroatoms. The van der Waals surface area contributed by atoms with E-state index in [1.54, 1.807) is 24.3 Å². The Labute approximate surface area is 132 Å². The monoisotopic (exact) mass is 302 g/mol. The summed E-state index contributed by atoms with van der Waals surface area (Å²) in [6.45, 7) is 6.40. The Morgan fingerprint density at radius 3 is 2.27 bits per heavy atom. The van der Waals surface area contributed by atoms with Crippen molar-refractivity contribution in [1.29, 1.82) is 0 Å². The Hall–Kier alpha value is -1.84. The van der Waals surface area contributed by atoms with Gasteiger partial charge in [0.25, 0.3) is 5.91 Å². The largest absolute Gasteiger partial charge is 0.350 e. The van der Waals surface area contributed by atoms with Crippen molar-refractivity contribution >= 4 is 17.5 Å². The van der Waals surface area contributed by atoms with Crippen molar-refractivity contribution in [3.8, 4) is 0 Å². The van der Waals surface area contributed by atoms with Crippen LogP contribution in [0.5, 0.6) is 0 Å². The van der Waals surface area contributed by atoms with Crippen LogP contribution in [0.4, 0.5) is 5.69 Å². The summed E-state index contributed by atoms with van der Waals surface area (Å²) in [6.07, 6.45) is 4.06. The molecule has 1 aromatic rings. The summed E-state index contributed by atoms with van der Waals surface area (Å²) in [4.78, 5) is 23.8. The molecule has 120 valence electrons. The second kappa shape index (κ2) is 7.43. The van der Waals surface area contributed by atoms with Gasteiger partial charge in [-0.25, -0.2) is 0 Å². The zero-order chi connectivity index (χ0) is 16.1. The third-order valence-corrected chi connectivity index (χ3v) is 3.92. The number of hydrogen-bond acceptors (Lipinski definition) is 2. The van der Waals surface area contributed by atoms with E-state index in [9.17, 15) is 9.59 Å². The fraction of sp³-hybridized carbons (Fsp3) is 0.556. The van der Waals surface area contributed by atoms with Gasteiger partial charge in [0.05, 0.1) is 0 Å². The molecule has 0 spiro atoms. The van der Waals surface area contributed by atoms with Crippen molar-refractivity contribution in [2.45, 2.75) is 52.5 Å². The van der Waals surface area contributed by atoms with Crippen LogP contribution in [0.15, 0.2) is 24.3 Å². The molecule has 0 radical (unpaired) electrons. The van der Waals surface area contributed by atoms with Crippen LogP contribution in [0, 0.1) is 11.8 Å². The molecule has 0 bridgehead atoms. The maximum atomic E-state index is 12.2. The van der Waals surface area contributed by atoms with E-state index in [0.29, 0.717) is 11.5 Å². The highest BCUT2D eigenvalue weighted by Gasteiger charge is 2.29. The lowest BCUT2D eigenvalue weighted by atomic mass is 10.0. The van der Waals surface area contributed by atoms with E-state index >= 15 is 0 Å². The summed E-state index contributed by atoms with van der Waals surface area (Å²) in [5.74, 6) is 0.856. The molecule has 1 aliphatic carbocycles. The van der Waals surface area contributed by atoms with Gasteiger partial charge in [-0.3, -0.25) is 9.59 Å². The minimum absolute atomic E-state index is 0.0590. The molecule has 0 aromatic heterocycles. The summed E-state index contributed by atoms with van der Waals surface area (Å²) < 4.78 is 0. The van der Waals surface area contributed by atoms with Crippen molar-refractivity contribution in [2.24, 2.45) is 11.8 Å². The number of carbonyl (C=O) groups is 2. The number of rotatable bonds is 7. The summed E-state index contributed by atoms with van der Waals surface area (Å²) in [5.41, 5.74) is 1.38. The van der Waals surface area contributed by atoms with Crippen LogP contribution in [0.1, 0.15) is 56.8 Å². The molecular formula is C18H26N2O2. The third kappa shape index (κ3) is 5.17. The first kappa shape index (κ1) is 16.5. The second-order valence-corrected chi connectivity index (χ2v) is 6.69. The molecular weight excluding hydrogens is 276 g/mol. The maximum absolute atomic E-state index is 12.2. The van der Waals surface area contributed by atoms with Crippen molar-refractivity contribution in [2.75, 3.05) is 5.32 Å². The number of amides is 2. The molecule has 1 aliphatic rings. The van der Waals surface area contributed by atoms with Gasteiger partial charge in [0.15, 0.2) is 0 Å². The Kier molecular flexibility index (Phi) is 5.58. The first-order chi connectivity index (χ1) is 10.5. The minimum atomic E-state index is -0.0590. The quantitative estimate of drug-likeness (QED) is 0.808. The standard InChI is InChI=1S/C18H26N2O2/c1-12(2)4-5-13(3)19-17(21)15-8-10-16(11-9-15)20-18(22)14-6-7-14/h8-14H,4-7H2,1-3H3,(H,19,21)(H,20,22)/t13-/m0/s1. The number of anilines is 1. The Morgan fingerprint density at radius 1 is 1.09 bits per heavy atom. The molecule has 0 aliphatic heterocycles. The van der Waals surface area contributed by atoms with Crippen LogP contribution in [0.25, 0.3) is 0 Å². The van der Waals surface area contributed by atoms with Crippen LogP contribution in [0.3, 0.4) is 0 Å². The van der Waals surface area contributed by atoms with Crippen LogP contribution >= 0.6 is 0 Å². The molecule has 2 rings (SSSR count). The summed E-state index contributed by atoms with van der Waals surface area (Å²) >= 11 is 0. The van der Waals surface area contributed by atoms with Crippen molar-refractivity contribution < 1.29 is 9.59 Å². The lowest BCUT2D eigenvalue weighted by Gasteiger charge is -2.15. The molecule has 0 saturated heterocycles. The van der Waals surface area contributed by atoms with Crippen molar-refractivity contribution in [1.82, 2.24) is 5.32 Å². The number of hydrogen-bond donors (Lipinski definition) is 2. The zero-order valence-electron chi connectivity index (χ0n) is 13.7. The van der Waals surface area contributed by atoms with Crippen molar-refractivity contribution in [3.05, 3.63) is 29.8 Å². The predicted molar refractivity (Wildman–Crippen MR) is 88.8 cm³/mol.